The lowest BCUT2D eigenvalue weighted by atomic mass is 9.44. The molecule has 7 heteroatoms. The SMILES string of the molecule is C[C@H]1CC[C@@]2(OC1)O[C@H]1C[C@H]3[C@@H]4CC[C@@H]5C[C@@H](NC(=O)CC(=O)NCCO)CC[C@]5(C)[C@H]4CC[C@]3(C)[C@H]1[C@@H]2C. The van der Waals surface area contributed by atoms with Crippen LogP contribution in [-0.2, 0) is 19.1 Å². The smallest absolute Gasteiger partial charge is 0.229 e. The minimum absolute atomic E-state index is 0.111. The standard InChI is InChI=1S/C32H52N2O5/c1-19-7-12-32(38-18-19)20(2)29-26(39-32)16-25-23-6-5-21-15-22(34-28(37)17-27(36)33-13-14-35)8-10-30(21,3)24(23)9-11-31(25,29)4/h19-26,29,35H,5-18H2,1-4H3,(H,33,36)(H,34,37)/t19-,20-,21+,22-,23+,24-,25-,26-,29-,30-,31-,32+/m0/s1. The lowest BCUT2D eigenvalue weighted by molar-refractivity contribution is -0.273. The second-order valence-corrected chi connectivity index (χ2v) is 15.0. The second kappa shape index (κ2) is 10.3. The number of rotatable bonds is 5. The van der Waals surface area contributed by atoms with Gasteiger partial charge in [-0.1, -0.05) is 27.7 Å². The van der Waals surface area contributed by atoms with Gasteiger partial charge in [0.25, 0.3) is 0 Å². The van der Waals surface area contributed by atoms with E-state index in [0.717, 1.165) is 43.6 Å². The molecule has 2 amide bonds. The highest BCUT2D eigenvalue weighted by Gasteiger charge is 2.69. The van der Waals surface area contributed by atoms with E-state index in [9.17, 15) is 9.59 Å². The van der Waals surface area contributed by atoms with E-state index in [1.54, 1.807) is 0 Å². The van der Waals surface area contributed by atoms with Gasteiger partial charge in [-0.15, -0.1) is 0 Å². The number of hydrogen-bond acceptors (Lipinski definition) is 5. The van der Waals surface area contributed by atoms with Crippen LogP contribution in [0.1, 0.15) is 98.3 Å². The van der Waals surface area contributed by atoms with Crippen LogP contribution < -0.4 is 10.6 Å². The van der Waals surface area contributed by atoms with Gasteiger partial charge in [-0.3, -0.25) is 9.59 Å². The molecule has 6 aliphatic rings. The Morgan fingerprint density at radius 1 is 0.923 bits per heavy atom. The molecule has 4 saturated carbocycles. The molecule has 0 bridgehead atoms. The molecule has 0 radical (unpaired) electrons. The van der Waals surface area contributed by atoms with Crippen molar-refractivity contribution >= 4 is 11.8 Å². The van der Waals surface area contributed by atoms with E-state index in [1.807, 2.05) is 0 Å². The average molecular weight is 545 g/mol. The van der Waals surface area contributed by atoms with Crippen LogP contribution in [0.2, 0.25) is 0 Å². The Kier molecular flexibility index (Phi) is 7.36. The number of amides is 2. The Balaban J connectivity index is 1.10. The summed E-state index contributed by atoms with van der Waals surface area (Å²) in [6, 6.07) is 0.168. The number of carbonyl (C=O) groups is 2. The zero-order valence-corrected chi connectivity index (χ0v) is 24.7. The van der Waals surface area contributed by atoms with Crippen molar-refractivity contribution in [1.82, 2.24) is 10.6 Å². The Hall–Kier alpha value is -1.18. The Labute approximate surface area is 234 Å². The van der Waals surface area contributed by atoms with Crippen LogP contribution in [0, 0.1) is 52.3 Å². The van der Waals surface area contributed by atoms with Gasteiger partial charge in [0.2, 0.25) is 11.8 Å². The lowest BCUT2D eigenvalue weighted by Crippen LogP contribution is -2.56. The molecule has 0 aromatic heterocycles. The third-order valence-electron chi connectivity index (χ3n) is 13.1. The molecule has 3 N–H and O–H groups in total. The fourth-order valence-electron chi connectivity index (χ4n) is 11.1. The molecule has 2 heterocycles. The van der Waals surface area contributed by atoms with E-state index in [-0.39, 0.29) is 43.2 Å². The van der Waals surface area contributed by atoms with Gasteiger partial charge in [0, 0.05) is 24.9 Å². The average Bonchev–Trinajstić information content (AvgIpc) is 3.34. The van der Waals surface area contributed by atoms with Crippen molar-refractivity contribution in [3.63, 3.8) is 0 Å². The summed E-state index contributed by atoms with van der Waals surface area (Å²) in [6.45, 7) is 10.8. The summed E-state index contributed by atoms with van der Waals surface area (Å²) in [4.78, 5) is 24.4. The molecule has 2 saturated heterocycles. The molecule has 6 rings (SSSR count). The van der Waals surface area contributed by atoms with Crippen LogP contribution in [-0.4, -0.2) is 54.6 Å². The lowest BCUT2D eigenvalue weighted by Gasteiger charge is -2.61. The predicted octanol–water partition coefficient (Wildman–Crippen LogP) is 4.42. The van der Waals surface area contributed by atoms with Crippen molar-refractivity contribution in [2.45, 2.75) is 116 Å². The van der Waals surface area contributed by atoms with E-state index in [2.05, 4.69) is 38.3 Å². The minimum atomic E-state index is -0.335. The predicted molar refractivity (Wildman–Crippen MR) is 148 cm³/mol. The topological polar surface area (TPSA) is 96.9 Å². The van der Waals surface area contributed by atoms with Crippen LogP contribution in [0.25, 0.3) is 0 Å². The number of ether oxygens (including phenoxy) is 2. The first-order valence-electron chi connectivity index (χ1n) is 16.1. The van der Waals surface area contributed by atoms with Crippen molar-refractivity contribution in [2.75, 3.05) is 19.8 Å². The Bertz CT molecular complexity index is 949. The largest absolute Gasteiger partial charge is 0.395 e. The molecule has 0 unspecified atom stereocenters. The van der Waals surface area contributed by atoms with Crippen molar-refractivity contribution < 1.29 is 24.2 Å². The van der Waals surface area contributed by atoms with Gasteiger partial charge in [0.05, 0.1) is 19.3 Å². The number of aliphatic hydroxyl groups is 1. The van der Waals surface area contributed by atoms with E-state index in [4.69, 9.17) is 14.6 Å². The molecule has 39 heavy (non-hydrogen) atoms. The first kappa shape index (κ1) is 28.0. The van der Waals surface area contributed by atoms with E-state index in [0.29, 0.717) is 40.6 Å². The third kappa shape index (κ3) is 4.57. The van der Waals surface area contributed by atoms with Gasteiger partial charge < -0.3 is 25.2 Å². The summed E-state index contributed by atoms with van der Waals surface area (Å²) < 4.78 is 13.4. The third-order valence-corrected chi connectivity index (χ3v) is 13.1. The summed E-state index contributed by atoms with van der Waals surface area (Å²) in [6.07, 6.45) is 12.1. The number of carbonyl (C=O) groups excluding carboxylic acids is 2. The molecule has 4 aliphatic carbocycles. The maximum absolute atomic E-state index is 12.5. The van der Waals surface area contributed by atoms with Gasteiger partial charge in [-0.25, -0.2) is 0 Å². The number of hydrogen-bond donors (Lipinski definition) is 3. The van der Waals surface area contributed by atoms with Crippen LogP contribution in [0.4, 0.5) is 0 Å². The molecule has 7 nitrogen and oxygen atoms in total. The number of aliphatic hydroxyl groups excluding tert-OH is 1. The normalized spacial score (nSPS) is 50.4. The molecule has 1 spiro atoms. The molecule has 2 aliphatic heterocycles. The first-order chi connectivity index (χ1) is 18.6. The molecule has 6 fully saturated rings. The number of nitrogens with one attached hydrogen (secondary N) is 2. The van der Waals surface area contributed by atoms with E-state index < -0.39 is 0 Å². The highest BCUT2D eigenvalue weighted by atomic mass is 16.7. The molecule has 0 aromatic rings. The first-order valence-corrected chi connectivity index (χ1v) is 16.1. The van der Waals surface area contributed by atoms with Crippen LogP contribution in [0.3, 0.4) is 0 Å². The molecule has 0 aromatic carbocycles. The van der Waals surface area contributed by atoms with Gasteiger partial charge in [-0.2, -0.15) is 0 Å². The summed E-state index contributed by atoms with van der Waals surface area (Å²) in [5.74, 6) is 3.83. The summed E-state index contributed by atoms with van der Waals surface area (Å²) >= 11 is 0. The highest BCUT2D eigenvalue weighted by Crippen LogP contribution is 2.71. The van der Waals surface area contributed by atoms with Crippen molar-refractivity contribution in [1.29, 1.82) is 0 Å². The Morgan fingerprint density at radius 3 is 2.46 bits per heavy atom. The summed E-state index contributed by atoms with van der Waals surface area (Å²) in [5.41, 5.74) is 0.699. The Morgan fingerprint density at radius 2 is 1.72 bits per heavy atom. The van der Waals surface area contributed by atoms with Crippen LogP contribution in [0.5, 0.6) is 0 Å². The van der Waals surface area contributed by atoms with Gasteiger partial charge in [-0.05, 0) is 104 Å². The fraction of sp³-hybridized carbons (Fsp3) is 0.938. The molecule has 12 atom stereocenters. The highest BCUT2D eigenvalue weighted by molar-refractivity contribution is 5.96. The molecular weight excluding hydrogens is 492 g/mol. The summed E-state index contributed by atoms with van der Waals surface area (Å²) in [7, 11) is 0. The van der Waals surface area contributed by atoms with E-state index >= 15 is 0 Å². The monoisotopic (exact) mass is 544 g/mol. The van der Waals surface area contributed by atoms with Gasteiger partial charge in [0.15, 0.2) is 5.79 Å². The number of fused-ring (bicyclic) bond motifs is 7. The quantitative estimate of drug-likeness (QED) is 0.446. The zero-order valence-electron chi connectivity index (χ0n) is 24.7. The van der Waals surface area contributed by atoms with Crippen molar-refractivity contribution in [3.05, 3.63) is 0 Å². The zero-order chi connectivity index (χ0) is 27.6. The molecular formula is C32H52N2O5. The minimum Gasteiger partial charge on any atom is -0.395 e. The molecule has 220 valence electrons. The van der Waals surface area contributed by atoms with Crippen molar-refractivity contribution in [3.8, 4) is 0 Å². The van der Waals surface area contributed by atoms with Crippen LogP contribution in [0.15, 0.2) is 0 Å². The maximum Gasteiger partial charge on any atom is 0.229 e. The van der Waals surface area contributed by atoms with Gasteiger partial charge >= 0.3 is 0 Å². The van der Waals surface area contributed by atoms with Gasteiger partial charge in [0.1, 0.15) is 6.42 Å². The second-order valence-electron chi connectivity index (χ2n) is 15.0. The van der Waals surface area contributed by atoms with Crippen molar-refractivity contribution in [2.24, 2.45) is 52.3 Å². The maximum atomic E-state index is 12.5. The van der Waals surface area contributed by atoms with E-state index in [1.165, 1.54) is 44.9 Å². The fourth-order valence-corrected chi connectivity index (χ4v) is 11.1. The summed E-state index contributed by atoms with van der Waals surface area (Å²) in [5, 5.41) is 14.6. The van der Waals surface area contributed by atoms with Crippen LogP contribution >= 0.6 is 0 Å².